The van der Waals surface area contributed by atoms with Crippen molar-refractivity contribution in [3.05, 3.63) is 5.82 Å². The number of aromatic nitrogens is 4. The lowest BCUT2D eigenvalue weighted by Crippen LogP contribution is -2.00. The molecule has 0 unspecified atom stereocenters. The Morgan fingerprint density at radius 3 is 2.92 bits per heavy atom. The van der Waals surface area contributed by atoms with Gasteiger partial charge in [-0.1, -0.05) is 0 Å². The van der Waals surface area contributed by atoms with Gasteiger partial charge in [-0.3, -0.25) is 4.79 Å². The average Bonchev–Trinajstić information content (AvgIpc) is 2.36. The fourth-order valence-electron chi connectivity index (χ4n) is 0.857. The summed E-state index contributed by atoms with van der Waals surface area (Å²) in [5.74, 6) is 0.796. The Kier molecular flexibility index (Phi) is 3.21. The van der Waals surface area contributed by atoms with Crippen molar-refractivity contribution in [2.45, 2.75) is 19.3 Å². The minimum Gasteiger partial charge on any atom is -0.288 e. The lowest BCUT2D eigenvalue weighted by atomic mass is 10.2. The first kappa shape index (κ1) is 9.18. The predicted molar refractivity (Wildman–Crippen MR) is 45.7 cm³/mol. The number of tetrazole rings is 1. The highest BCUT2D eigenvalue weighted by Gasteiger charge is 2.02. The quantitative estimate of drug-likeness (QED) is 0.672. The Balaban J connectivity index is 2.33. The van der Waals surface area contributed by atoms with Gasteiger partial charge >= 0.3 is 0 Å². The van der Waals surface area contributed by atoms with Crippen molar-refractivity contribution >= 4 is 17.7 Å². The maximum Gasteiger partial charge on any atom is 0.185 e. The molecule has 66 valence electrons. The highest BCUT2D eigenvalue weighted by Crippen LogP contribution is 2.00. The van der Waals surface area contributed by atoms with E-state index in [9.17, 15) is 4.79 Å². The van der Waals surface area contributed by atoms with E-state index in [0.29, 0.717) is 6.42 Å². The van der Waals surface area contributed by atoms with E-state index in [2.05, 4.69) is 28.2 Å². The Labute approximate surface area is 75.6 Å². The molecule has 0 amide bonds. The molecule has 0 saturated carbocycles. The number of hydrogen-bond acceptors (Lipinski definition) is 4. The van der Waals surface area contributed by atoms with Crippen LogP contribution in [0.5, 0.6) is 0 Å². The van der Waals surface area contributed by atoms with Crippen molar-refractivity contribution in [1.82, 2.24) is 20.2 Å². The molecule has 0 spiro atoms. The number of aryl methyl sites for hydroxylation is 2. The first-order valence-corrected chi connectivity index (χ1v) is 4.08. The summed E-state index contributed by atoms with van der Waals surface area (Å²) < 4.78 is 1.60. The molecule has 0 saturated heterocycles. The summed E-state index contributed by atoms with van der Waals surface area (Å²) in [4.78, 5) is 10.5. The maximum absolute atomic E-state index is 10.5. The van der Waals surface area contributed by atoms with Crippen LogP contribution in [0.3, 0.4) is 0 Å². The number of rotatable bonds is 4. The van der Waals surface area contributed by atoms with Gasteiger partial charge in [-0.25, -0.2) is 4.68 Å². The molecule has 0 atom stereocenters. The monoisotopic (exact) mass is 186 g/mol. The molecular weight excluding hydrogens is 176 g/mol. The summed E-state index contributed by atoms with van der Waals surface area (Å²) in [6.45, 7) is 0. The molecule has 0 aliphatic heterocycles. The Bertz CT molecular complexity index is 272. The van der Waals surface area contributed by atoms with E-state index in [-0.39, 0.29) is 5.12 Å². The molecule has 1 rings (SSSR count). The number of carbonyl (C=O) groups is 1. The maximum atomic E-state index is 10.5. The third-order valence-corrected chi connectivity index (χ3v) is 1.72. The SMILES string of the molecule is Cn1nnnc1CCCC(=O)S. The molecule has 0 bridgehead atoms. The van der Waals surface area contributed by atoms with Crippen LogP contribution in [-0.2, 0) is 18.3 Å². The lowest BCUT2D eigenvalue weighted by Gasteiger charge is -1.95. The highest BCUT2D eigenvalue weighted by molar-refractivity contribution is 7.96. The summed E-state index contributed by atoms with van der Waals surface area (Å²) >= 11 is 3.66. The second-order valence-corrected chi connectivity index (χ2v) is 2.96. The molecule has 12 heavy (non-hydrogen) atoms. The summed E-state index contributed by atoms with van der Waals surface area (Å²) in [5.41, 5.74) is 0. The zero-order chi connectivity index (χ0) is 8.97. The van der Waals surface area contributed by atoms with Gasteiger partial charge in [-0.15, -0.1) is 17.7 Å². The van der Waals surface area contributed by atoms with E-state index in [1.165, 1.54) is 0 Å². The van der Waals surface area contributed by atoms with Gasteiger partial charge < -0.3 is 0 Å². The molecule has 1 aromatic rings. The topological polar surface area (TPSA) is 60.7 Å². The average molecular weight is 186 g/mol. The number of carbonyl (C=O) groups excluding carboxylic acids is 1. The highest BCUT2D eigenvalue weighted by atomic mass is 32.1. The zero-order valence-corrected chi connectivity index (χ0v) is 7.66. The summed E-state index contributed by atoms with van der Waals surface area (Å²) in [6, 6.07) is 0. The predicted octanol–water partition coefficient (Wildman–Crippen LogP) is -0.0108. The van der Waals surface area contributed by atoms with Gasteiger partial charge in [0.05, 0.1) is 0 Å². The van der Waals surface area contributed by atoms with Crippen LogP contribution in [0.2, 0.25) is 0 Å². The van der Waals surface area contributed by atoms with E-state index in [1.807, 2.05) is 0 Å². The number of nitrogens with zero attached hydrogens (tertiary/aromatic N) is 4. The normalized spacial score (nSPS) is 10.2. The van der Waals surface area contributed by atoms with Gasteiger partial charge in [-0.2, -0.15) is 0 Å². The minimum atomic E-state index is -0.0925. The van der Waals surface area contributed by atoms with Crippen molar-refractivity contribution in [3.63, 3.8) is 0 Å². The first-order chi connectivity index (χ1) is 5.70. The lowest BCUT2D eigenvalue weighted by molar-refractivity contribution is -0.110. The molecule has 1 aromatic heterocycles. The molecule has 6 heteroatoms. The van der Waals surface area contributed by atoms with Crippen molar-refractivity contribution < 1.29 is 4.79 Å². The molecule has 0 aromatic carbocycles. The summed E-state index contributed by atoms with van der Waals surface area (Å²) in [7, 11) is 1.78. The van der Waals surface area contributed by atoms with Crippen molar-refractivity contribution in [1.29, 1.82) is 0 Å². The fourth-order valence-corrected chi connectivity index (χ4v) is 1.02. The molecule has 1 heterocycles. The molecule has 5 nitrogen and oxygen atoms in total. The summed E-state index contributed by atoms with van der Waals surface area (Å²) in [6.07, 6.45) is 1.93. The van der Waals surface area contributed by atoms with Crippen LogP contribution in [-0.4, -0.2) is 25.3 Å². The Morgan fingerprint density at radius 2 is 2.42 bits per heavy atom. The van der Waals surface area contributed by atoms with Crippen LogP contribution in [0.1, 0.15) is 18.7 Å². The fraction of sp³-hybridized carbons (Fsp3) is 0.667. The Hall–Kier alpha value is -0.910. The van der Waals surface area contributed by atoms with E-state index < -0.39 is 0 Å². The van der Waals surface area contributed by atoms with Crippen molar-refractivity contribution in [2.24, 2.45) is 7.05 Å². The van der Waals surface area contributed by atoms with Gasteiger partial charge in [0.25, 0.3) is 0 Å². The van der Waals surface area contributed by atoms with E-state index in [4.69, 9.17) is 0 Å². The molecule has 0 N–H and O–H groups in total. The molecule has 0 radical (unpaired) electrons. The number of hydrogen-bond donors (Lipinski definition) is 1. The molecular formula is C6H10N4OS. The van der Waals surface area contributed by atoms with E-state index >= 15 is 0 Å². The van der Waals surface area contributed by atoms with Crippen LogP contribution < -0.4 is 0 Å². The number of thiol groups is 1. The Morgan fingerprint density at radius 1 is 1.67 bits per heavy atom. The van der Waals surface area contributed by atoms with Gasteiger partial charge in [0.1, 0.15) is 0 Å². The standard InChI is InChI=1S/C6H10N4OS/c1-10-5(7-8-9-10)3-2-4-6(11)12/h2-4H2,1H3,(H,11,12). The van der Waals surface area contributed by atoms with E-state index in [1.54, 1.807) is 11.7 Å². The zero-order valence-electron chi connectivity index (χ0n) is 6.77. The second-order valence-electron chi connectivity index (χ2n) is 2.47. The molecule has 0 fully saturated rings. The van der Waals surface area contributed by atoms with Crippen LogP contribution in [0.4, 0.5) is 0 Å². The van der Waals surface area contributed by atoms with Crippen LogP contribution in [0.15, 0.2) is 0 Å². The largest absolute Gasteiger partial charge is 0.288 e. The van der Waals surface area contributed by atoms with E-state index in [0.717, 1.165) is 18.7 Å². The molecule has 0 aliphatic carbocycles. The summed E-state index contributed by atoms with van der Waals surface area (Å²) in [5, 5.41) is 10.8. The third kappa shape index (κ3) is 2.61. The molecule has 0 aliphatic rings. The van der Waals surface area contributed by atoms with Crippen molar-refractivity contribution in [3.8, 4) is 0 Å². The second kappa shape index (κ2) is 4.20. The van der Waals surface area contributed by atoms with Crippen molar-refractivity contribution in [2.75, 3.05) is 0 Å². The first-order valence-electron chi connectivity index (χ1n) is 3.63. The van der Waals surface area contributed by atoms with Crippen LogP contribution in [0, 0.1) is 0 Å². The van der Waals surface area contributed by atoms with Crippen LogP contribution >= 0.6 is 12.6 Å². The van der Waals surface area contributed by atoms with Gasteiger partial charge in [0, 0.05) is 19.9 Å². The minimum absolute atomic E-state index is 0.0925. The smallest absolute Gasteiger partial charge is 0.185 e. The van der Waals surface area contributed by atoms with Gasteiger partial charge in [0.15, 0.2) is 10.9 Å². The van der Waals surface area contributed by atoms with Gasteiger partial charge in [0.2, 0.25) is 0 Å². The van der Waals surface area contributed by atoms with Gasteiger partial charge in [-0.05, 0) is 16.8 Å². The third-order valence-electron chi connectivity index (χ3n) is 1.50. The van der Waals surface area contributed by atoms with Crippen LogP contribution in [0.25, 0.3) is 0 Å².